The Morgan fingerprint density at radius 3 is 2.21 bits per heavy atom. The van der Waals surface area contributed by atoms with Gasteiger partial charge in [-0.1, -0.05) is 70.2 Å². The van der Waals surface area contributed by atoms with Gasteiger partial charge in [0.2, 0.25) is 0 Å². The number of amides is 1. The van der Waals surface area contributed by atoms with Gasteiger partial charge in [0.05, 0.1) is 39.4 Å². The minimum absolute atomic E-state index is 0.0759. The Hall–Kier alpha value is -2.70. The van der Waals surface area contributed by atoms with Crippen molar-refractivity contribution in [1.82, 2.24) is 0 Å². The molecule has 0 spiro atoms. The van der Waals surface area contributed by atoms with Gasteiger partial charge in [-0.15, -0.1) is 0 Å². The summed E-state index contributed by atoms with van der Waals surface area (Å²) >= 11 is 24.8. The molecule has 1 unspecified atom stereocenters. The van der Waals surface area contributed by atoms with Crippen LogP contribution >= 0.6 is 46.4 Å². The van der Waals surface area contributed by atoms with Gasteiger partial charge in [0.15, 0.2) is 0 Å². The minimum atomic E-state index is -1.00. The summed E-state index contributed by atoms with van der Waals surface area (Å²) in [5, 5.41) is 12.2. The second-order valence-electron chi connectivity index (χ2n) is 7.65. The number of anilines is 1. The summed E-state index contributed by atoms with van der Waals surface area (Å²) < 4.78 is 5.34. The van der Waals surface area contributed by atoms with E-state index in [4.69, 9.17) is 51.1 Å². The van der Waals surface area contributed by atoms with Gasteiger partial charge in [0.25, 0.3) is 11.7 Å². The van der Waals surface area contributed by atoms with Crippen molar-refractivity contribution in [3.05, 3.63) is 97.0 Å². The molecular weight excluding hydrogens is 520 g/mol. The summed E-state index contributed by atoms with van der Waals surface area (Å²) in [5.41, 5.74) is 1.83. The average molecular weight is 537 g/mol. The molecule has 1 aliphatic rings. The second kappa shape index (κ2) is 9.51. The SMILES string of the molecule is COc1c(Cl)cc(Cl)cc1/C(O)=C1\C(=O)C(=O)N(c2ccc(C)cc2)C1c1ccc(Cl)c(Cl)c1. The van der Waals surface area contributed by atoms with Crippen LogP contribution in [0, 0.1) is 6.92 Å². The van der Waals surface area contributed by atoms with E-state index in [2.05, 4.69) is 0 Å². The summed E-state index contributed by atoms with van der Waals surface area (Å²) in [4.78, 5) is 27.9. The number of hydrogen-bond acceptors (Lipinski definition) is 4. The van der Waals surface area contributed by atoms with Gasteiger partial charge < -0.3 is 9.84 Å². The van der Waals surface area contributed by atoms with Crippen LogP contribution in [-0.4, -0.2) is 23.9 Å². The molecule has 3 aromatic carbocycles. The van der Waals surface area contributed by atoms with Gasteiger partial charge in [-0.2, -0.15) is 0 Å². The molecule has 1 amide bonds. The van der Waals surface area contributed by atoms with Crippen LogP contribution in [0.5, 0.6) is 5.75 Å². The first-order valence-corrected chi connectivity index (χ1v) is 11.5. The number of ether oxygens (including phenoxy) is 1. The number of methoxy groups -OCH3 is 1. The van der Waals surface area contributed by atoms with Gasteiger partial charge in [-0.3, -0.25) is 14.5 Å². The Kier molecular flexibility index (Phi) is 6.83. The van der Waals surface area contributed by atoms with Crippen LogP contribution < -0.4 is 9.64 Å². The van der Waals surface area contributed by atoms with Crippen LogP contribution in [0.2, 0.25) is 20.1 Å². The maximum absolute atomic E-state index is 13.3. The number of Topliss-reactive ketones (excluding diaryl/α,β-unsaturated/α-hetero) is 1. The van der Waals surface area contributed by atoms with E-state index in [1.807, 2.05) is 19.1 Å². The zero-order chi connectivity index (χ0) is 24.7. The molecule has 0 aliphatic carbocycles. The van der Waals surface area contributed by atoms with Crippen molar-refractivity contribution in [2.24, 2.45) is 0 Å². The third-order valence-corrected chi connectivity index (χ3v) is 6.72. The summed E-state index contributed by atoms with van der Waals surface area (Å²) in [6, 6.07) is 13.7. The predicted octanol–water partition coefficient (Wildman–Crippen LogP) is 7.24. The quantitative estimate of drug-likeness (QED) is 0.217. The van der Waals surface area contributed by atoms with Crippen molar-refractivity contribution in [2.75, 3.05) is 12.0 Å². The van der Waals surface area contributed by atoms with E-state index in [1.165, 1.54) is 24.1 Å². The topological polar surface area (TPSA) is 66.8 Å². The number of ketones is 1. The van der Waals surface area contributed by atoms with E-state index < -0.39 is 23.5 Å². The molecule has 9 heteroatoms. The van der Waals surface area contributed by atoms with Gasteiger partial charge in [0, 0.05) is 10.7 Å². The first-order chi connectivity index (χ1) is 16.1. The van der Waals surface area contributed by atoms with Gasteiger partial charge >= 0.3 is 0 Å². The molecule has 3 aromatic rings. The lowest BCUT2D eigenvalue weighted by Gasteiger charge is -2.26. The molecule has 1 heterocycles. The summed E-state index contributed by atoms with van der Waals surface area (Å²) in [6.07, 6.45) is 0. The molecule has 34 heavy (non-hydrogen) atoms. The molecule has 1 atom stereocenters. The predicted molar refractivity (Wildman–Crippen MR) is 135 cm³/mol. The molecule has 0 radical (unpaired) electrons. The van der Waals surface area contributed by atoms with E-state index in [0.29, 0.717) is 16.3 Å². The molecule has 1 fully saturated rings. The second-order valence-corrected chi connectivity index (χ2v) is 9.30. The van der Waals surface area contributed by atoms with Crippen molar-refractivity contribution < 1.29 is 19.4 Å². The largest absolute Gasteiger partial charge is 0.507 e. The van der Waals surface area contributed by atoms with Crippen LogP contribution in [0.4, 0.5) is 5.69 Å². The van der Waals surface area contributed by atoms with Crippen molar-refractivity contribution in [3.63, 3.8) is 0 Å². The fraction of sp³-hybridized carbons (Fsp3) is 0.120. The first-order valence-electron chi connectivity index (χ1n) is 10.00. The Bertz CT molecular complexity index is 1350. The van der Waals surface area contributed by atoms with E-state index >= 15 is 0 Å². The highest BCUT2D eigenvalue weighted by molar-refractivity contribution is 6.52. The Morgan fingerprint density at radius 1 is 0.912 bits per heavy atom. The molecular formula is C25H17Cl4NO4. The number of aliphatic hydroxyl groups is 1. The molecule has 4 rings (SSSR count). The lowest BCUT2D eigenvalue weighted by molar-refractivity contribution is -0.132. The first kappa shape index (κ1) is 24.4. The lowest BCUT2D eigenvalue weighted by atomic mass is 9.94. The number of hydrogen-bond donors (Lipinski definition) is 1. The highest BCUT2D eigenvalue weighted by Crippen LogP contribution is 2.45. The third kappa shape index (κ3) is 4.25. The summed E-state index contributed by atoms with van der Waals surface area (Å²) in [5.74, 6) is -2.07. The average Bonchev–Trinajstić information content (AvgIpc) is 3.06. The molecule has 1 N–H and O–H groups in total. The number of aryl methyl sites for hydroxylation is 1. The normalized spacial score (nSPS) is 17.4. The Balaban J connectivity index is 2.02. The molecule has 1 aliphatic heterocycles. The van der Waals surface area contributed by atoms with Crippen LogP contribution in [0.3, 0.4) is 0 Å². The van der Waals surface area contributed by atoms with Gasteiger partial charge in [0.1, 0.15) is 11.5 Å². The fourth-order valence-electron chi connectivity index (χ4n) is 3.89. The van der Waals surface area contributed by atoms with Crippen LogP contribution in [0.15, 0.2) is 60.2 Å². The van der Waals surface area contributed by atoms with Crippen LogP contribution in [-0.2, 0) is 9.59 Å². The van der Waals surface area contributed by atoms with Gasteiger partial charge in [-0.25, -0.2) is 0 Å². The van der Waals surface area contributed by atoms with Crippen molar-refractivity contribution in [1.29, 1.82) is 0 Å². The molecule has 0 saturated carbocycles. The molecule has 5 nitrogen and oxygen atoms in total. The highest BCUT2D eigenvalue weighted by atomic mass is 35.5. The molecule has 174 valence electrons. The molecule has 0 aromatic heterocycles. The third-order valence-electron chi connectivity index (χ3n) is 5.48. The number of halogens is 4. The maximum atomic E-state index is 13.3. The fourth-order valence-corrected chi connectivity index (χ4v) is 4.77. The van der Waals surface area contributed by atoms with E-state index in [1.54, 1.807) is 30.3 Å². The minimum Gasteiger partial charge on any atom is -0.507 e. The number of carbonyl (C=O) groups excluding carboxylic acids is 2. The van der Waals surface area contributed by atoms with Gasteiger partial charge in [-0.05, 0) is 48.9 Å². The number of rotatable bonds is 4. The van der Waals surface area contributed by atoms with E-state index in [0.717, 1.165) is 5.56 Å². The zero-order valence-electron chi connectivity index (χ0n) is 17.9. The lowest BCUT2D eigenvalue weighted by Crippen LogP contribution is -2.29. The zero-order valence-corrected chi connectivity index (χ0v) is 20.9. The number of carbonyl (C=O) groups is 2. The monoisotopic (exact) mass is 535 g/mol. The van der Waals surface area contributed by atoms with Crippen molar-refractivity contribution >= 4 is 69.5 Å². The van der Waals surface area contributed by atoms with Crippen LogP contribution in [0.25, 0.3) is 5.76 Å². The Labute approximate surface area is 216 Å². The number of benzene rings is 3. The Morgan fingerprint density at radius 2 is 1.59 bits per heavy atom. The highest BCUT2D eigenvalue weighted by Gasteiger charge is 2.47. The van der Waals surface area contributed by atoms with E-state index in [-0.39, 0.29) is 32.0 Å². The van der Waals surface area contributed by atoms with Crippen molar-refractivity contribution in [2.45, 2.75) is 13.0 Å². The maximum Gasteiger partial charge on any atom is 0.300 e. The smallest absolute Gasteiger partial charge is 0.300 e. The molecule has 0 bridgehead atoms. The standard InChI is InChI=1S/C25H17Cl4NO4/c1-12-3-6-15(7-4-12)30-21(13-5-8-17(27)18(28)9-13)20(23(32)25(30)33)22(31)16-10-14(26)11-19(29)24(16)34-2/h3-11,21,31H,1-2H3/b22-20+. The number of aliphatic hydroxyl groups excluding tert-OH is 1. The number of nitrogens with zero attached hydrogens (tertiary/aromatic N) is 1. The van der Waals surface area contributed by atoms with E-state index in [9.17, 15) is 14.7 Å². The summed E-state index contributed by atoms with van der Waals surface area (Å²) in [6.45, 7) is 1.91. The summed E-state index contributed by atoms with van der Waals surface area (Å²) in [7, 11) is 1.37. The molecule has 1 saturated heterocycles. The van der Waals surface area contributed by atoms with Crippen molar-refractivity contribution in [3.8, 4) is 5.75 Å². The van der Waals surface area contributed by atoms with Crippen LogP contribution in [0.1, 0.15) is 22.7 Å².